The lowest BCUT2D eigenvalue weighted by molar-refractivity contribution is 0.565. The number of benzene rings is 2. The monoisotopic (exact) mass is 345 g/mol. The fourth-order valence-electron chi connectivity index (χ4n) is 3.40. The van der Waals surface area contributed by atoms with E-state index in [4.69, 9.17) is 0 Å². The first kappa shape index (κ1) is 18.7. The number of sulfonamides is 1. The minimum atomic E-state index is -3.58. The minimum absolute atomic E-state index is 0.283. The highest BCUT2D eigenvalue weighted by Gasteiger charge is 2.23. The van der Waals surface area contributed by atoms with Gasteiger partial charge in [-0.2, -0.15) is 0 Å². The topological polar surface area (TPSA) is 46.2 Å². The second-order valence-corrected chi connectivity index (χ2v) is 8.51. The molecular weight excluding hydrogens is 318 g/mol. The van der Waals surface area contributed by atoms with Crippen LogP contribution in [0.25, 0.3) is 0 Å². The summed E-state index contributed by atoms with van der Waals surface area (Å²) in [6.45, 7) is 13.7. The molecule has 0 aromatic heterocycles. The zero-order valence-corrected chi connectivity index (χ0v) is 16.4. The van der Waals surface area contributed by atoms with Crippen LogP contribution in [0.2, 0.25) is 0 Å². The summed E-state index contributed by atoms with van der Waals surface area (Å²) < 4.78 is 28.7. The van der Waals surface area contributed by atoms with Crippen molar-refractivity contribution in [1.82, 2.24) is 4.72 Å². The predicted octanol–water partition coefficient (Wildman–Crippen LogP) is 4.58. The van der Waals surface area contributed by atoms with E-state index in [0.29, 0.717) is 4.90 Å². The quantitative estimate of drug-likeness (QED) is 0.882. The van der Waals surface area contributed by atoms with E-state index in [0.717, 1.165) is 27.8 Å². The molecule has 0 bridgehead atoms. The summed E-state index contributed by atoms with van der Waals surface area (Å²) in [4.78, 5) is 0.390. The number of hydrogen-bond donors (Lipinski definition) is 1. The Labute approximate surface area is 146 Å². The summed E-state index contributed by atoms with van der Waals surface area (Å²) in [7, 11) is -3.58. The molecule has 0 radical (unpaired) electrons. The van der Waals surface area contributed by atoms with E-state index < -0.39 is 10.0 Å². The third kappa shape index (κ3) is 3.70. The smallest absolute Gasteiger partial charge is 0.207 e. The molecule has 1 N–H and O–H groups in total. The van der Waals surface area contributed by atoms with Crippen LogP contribution in [0.3, 0.4) is 0 Å². The Morgan fingerprint density at radius 3 is 1.79 bits per heavy atom. The molecule has 1 unspecified atom stereocenters. The highest BCUT2D eigenvalue weighted by Crippen LogP contribution is 2.26. The van der Waals surface area contributed by atoms with Crippen molar-refractivity contribution in [2.24, 2.45) is 0 Å². The van der Waals surface area contributed by atoms with E-state index in [2.05, 4.69) is 23.8 Å². The van der Waals surface area contributed by atoms with Gasteiger partial charge in [0.15, 0.2) is 0 Å². The van der Waals surface area contributed by atoms with Gasteiger partial charge in [-0.05, 0) is 81.8 Å². The summed E-state index contributed by atoms with van der Waals surface area (Å²) in [5.41, 5.74) is 7.14. The van der Waals surface area contributed by atoms with Crippen LogP contribution < -0.4 is 4.72 Å². The van der Waals surface area contributed by atoms with Crippen LogP contribution in [0.1, 0.15) is 51.9 Å². The Morgan fingerprint density at radius 2 is 1.25 bits per heavy atom. The highest BCUT2D eigenvalue weighted by atomic mass is 32.2. The molecular formula is C20H27NO2S. The SMILES string of the molecule is Cc1cc(C)c(S(=O)(=O)NC(C)c2cc(C)c(C)cc2C)c(C)c1. The van der Waals surface area contributed by atoms with Crippen LogP contribution in [-0.4, -0.2) is 8.42 Å². The van der Waals surface area contributed by atoms with Crippen LogP contribution in [0, 0.1) is 41.5 Å². The first-order valence-electron chi connectivity index (χ1n) is 8.21. The molecule has 2 rings (SSSR count). The van der Waals surface area contributed by atoms with Crippen molar-refractivity contribution in [3.8, 4) is 0 Å². The lowest BCUT2D eigenvalue weighted by Crippen LogP contribution is -2.28. The van der Waals surface area contributed by atoms with E-state index in [1.807, 2.05) is 53.7 Å². The van der Waals surface area contributed by atoms with Gasteiger partial charge in [-0.1, -0.05) is 29.8 Å². The second kappa shape index (κ2) is 6.69. The van der Waals surface area contributed by atoms with Gasteiger partial charge >= 0.3 is 0 Å². The Hall–Kier alpha value is -1.65. The number of rotatable bonds is 4. The summed E-state index contributed by atoms with van der Waals surface area (Å²) in [5.74, 6) is 0. The highest BCUT2D eigenvalue weighted by molar-refractivity contribution is 7.89. The Kier molecular flexibility index (Phi) is 5.21. The molecule has 0 aliphatic heterocycles. The first-order valence-corrected chi connectivity index (χ1v) is 9.69. The fourth-order valence-corrected chi connectivity index (χ4v) is 5.07. The average molecular weight is 346 g/mol. The minimum Gasteiger partial charge on any atom is -0.207 e. The van der Waals surface area contributed by atoms with Crippen LogP contribution in [-0.2, 0) is 10.0 Å². The molecule has 3 nitrogen and oxygen atoms in total. The van der Waals surface area contributed by atoms with Gasteiger partial charge < -0.3 is 0 Å². The number of nitrogens with one attached hydrogen (secondary N) is 1. The third-order valence-electron chi connectivity index (χ3n) is 4.55. The van der Waals surface area contributed by atoms with Crippen LogP contribution >= 0.6 is 0 Å². The Bertz CT molecular complexity index is 860. The van der Waals surface area contributed by atoms with Crippen molar-refractivity contribution in [2.45, 2.75) is 59.4 Å². The summed E-state index contributed by atoms with van der Waals surface area (Å²) >= 11 is 0. The van der Waals surface area contributed by atoms with Crippen molar-refractivity contribution in [1.29, 1.82) is 0 Å². The predicted molar refractivity (Wildman–Crippen MR) is 100 cm³/mol. The summed E-state index contributed by atoms with van der Waals surface area (Å²) in [6.07, 6.45) is 0. The number of hydrogen-bond acceptors (Lipinski definition) is 2. The van der Waals surface area contributed by atoms with E-state index in [1.165, 1.54) is 11.1 Å². The molecule has 0 saturated carbocycles. The van der Waals surface area contributed by atoms with Gasteiger partial charge in [0.2, 0.25) is 10.0 Å². The molecule has 1 atom stereocenters. The largest absolute Gasteiger partial charge is 0.241 e. The zero-order valence-electron chi connectivity index (χ0n) is 15.6. The van der Waals surface area contributed by atoms with Crippen molar-refractivity contribution < 1.29 is 8.42 Å². The van der Waals surface area contributed by atoms with Crippen molar-refractivity contribution in [3.05, 3.63) is 63.2 Å². The molecule has 24 heavy (non-hydrogen) atoms. The number of aryl methyl sites for hydroxylation is 6. The molecule has 130 valence electrons. The molecule has 4 heteroatoms. The van der Waals surface area contributed by atoms with Gasteiger partial charge in [0.1, 0.15) is 0 Å². The molecule has 0 aliphatic rings. The van der Waals surface area contributed by atoms with Crippen LogP contribution in [0.5, 0.6) is 0 Å². The molecule has 0 saturated heterocycles. The maximum Gasteiger partial charge on any atom is 0.241 e. The molecule has 2 aromatic rings. The van der Waals surface area contributed by atoms with Crippen LogP contribution in [0.15, 0.2) is 29.2 Å². The lowest BCUT2D eigenvalue weighted by Gasteiger charge is -2.20. The van der Waals surface area contributed by atoms with Crippen molar-refractivity contribution in [3.63, 3.8) is 0 Å². The molecule has 0 fully saturated rings. The lowest BCUT2D eigenvalue weighted by atomic mass is 9.97. The van der Waals surface area contributed by atoms with Crippen molar-refractivity contribution >= 4 is 10.0 Å². The molecule has 0 spiro atoms. The third-order valence-corrected chi connectivity index (χ3v) is 6.40. The second-order valence-electron chi connectivity index (χ2n) is 6.86. The zero-order chi connectivity index (χ0) is 18.2. The van der Waals surface area contributed by atoms with Gasteiger partial charge in [-0.3, -0.25) is 0 Å². The average Bonchev–Trinajstić information content (AvgIpc) is 2.40. The van der Waals surface area contributed by atoms with Gasteiger partial charge in [0.05, 0.1) is 4.90 Å². The standard InChI is InChI=1S/C20H27NO2S/c1-12-8-16(5)20(17(6)9-12)24(22,23)21-18(7)19-11-14(3)13(2)10-15(19)4/h8-11,18,21H,1-7H3. The van der Waals surface area contributed by atoms with E-state index in [9.17, 15) is 8.42 Å². The van der Waals surface area contributed by atoms with Crippen LogP contribution in [0.4, 0.5) is 0 Å². The normalized spacial score (nSPS) is 13.1. The fraction of sp³-hybridized carbons (Fsp3) is 0.400. The van der Waals surface area contributed by atoms with E-state index in [1.54, 1.807) is 0 Å². The van der Waals surface area contributed by atoms with E-state index >= 15 is 0 Å². The molecule has 0 amide bonds. The van der Waals surface area contributed by atoms with E-state index in [-0.39, 0.29) is 6.04 Å². The summed E-state index contributed by atoms with van der Waals surface area (Å²) in [6, 6.07) is 7.72. The van der Waals surface area contributed by atoms with Gasteiger partial charge in [0.25, 0.3) is 0 Å². The molecule has 0 heterocycles. The Morgan fingerprint density at radius 1 is 0.750 bits per heavy atom. The van der Waals surface area contributed by atoms with Gasteiger partial charge in [-0.25, -0.2) is 13.1 Å². The maximum absolute atomic E-state index is 12.9. The van der Waals surface area contributed by atoms with Gasteiger partial charge in [0, 0.05) is 6.04 Å². The molecule has 2 aromatic carbocycles. The first-order chi connectivity index (χ1) is 11.0. The molecule has 0 aliphatic carbocycles. The maximum atomic E-state index is 12.9. The Balaban J connectivity index is 2.42. The van der Waals surface area contributed by atoms with Gasteiger partial charge in [-0.15, -0.1) is 0 Å². The van der Waals surface area contributed by atoms with Crippen molar-refractivity contribution in [2.75, 3.05) is 0 Å². The summed E-state index contributed by atoms with van der Waals surface area (Å²) in [5, 5.41) is 0.